The Hall–Kier alpha value is -0.160. The molecule has 84 valence electrons. The molecule has 1 fully saturated rings. The van der Waals surface area contributed by atoms with Crippen LogP contribution in [0.5, 0.6) is 0 Å². The smallest absolute Gasteiger partial charge is 0.0622 e. The van der Waals surface area contributed by atoms with E-state index < -0.39 is 0 Å². The molecule has 0 radical (unpaired) electrons. The van der Waals surface area contributed by atoms with Crippen molar-refractivity contribution in [2.75, 3.05) is 26.4 Å². The number of hydrogen-bond donors (Lipinski definition) is 2. The van der Waals surface area contributed by atoms with Gasteiger partial charge in [-0.1, -0.05) is 6.92 Å². The predicted octanol–water partition coefficient (Wildman–Crippen LogP) is -0.195. The molecule has 1 saturated heterocycles. The van der Waals surface area contributed by atoms with Crippen LogP contribution in [0.4, 0.5) is 0 Å². The summed E-state index contributed by atoms with van der Waals surface area (Å²) in [6.07, 6.45) is 1.04. The summed E-state index contributed by atoms with van der Waals surface area (Å²) < 4.78 is 5.41. The molecule has 3 unspecified atom stereocenters. The predicted molar refractivity (Wildman–Crippen MR) is 56.1 cm³/mol. The second-order valence-electron chi connectivity index (χ2n) is 3.98. The molecule has 1 rings (SSSR count). The Labute approximate surface area is 86.0 Å². The van der Waals surface area contributed by atoms with E-state index in [9.17, 15) is 5.11 Å². The molecule has 0 aromatic carbocycles. The molecule has 1 aliphatic rings. The molecule has 0 aliphatic carbocycles. The second kappa shape index (κ2) is 5.66. The van der Waals surface area contributed by atoms with Gasteiger partial charge >= 0.3 is 0 Å². The van der Waals surface area contributed by atoms with E-state index in [0.717, 1.165) is 26.2 Å². The average Bonchev–Trinajstić information content (AvgIpc) is 2.19. The van der Waals surface area contributed by atoms with Crippen LogP contribution in [0.2, 0.25) is 0 Å². The van der Waals surface area contributed by atoms with Crippen molar-refractivity contribution in [1.82, 2.24) is 4.90 Å². The third kappa shape index (κ3) is 2.67. The number of aliphatic hydroxyl groups is 1. The normalized spacial score (nSPS) is 28.7. The van der Waals surface area contributed by atoms with Crippen LogP contribution >= 0.6 is 0 Å². The van der Waals surface area contributed by atoms with Gasteiger partial charge in [-0.25, -0.2) is 0 Å². The van der Waals surface area contributed by atoms with Crippen LogP contribution < -0.4 is 5.73 Å². The number of nitrogens with zero attached hydrogens (tertiary/aromatic N) is 1. The van der Waals surface area contributed by atoms with Crippen molar-refractivity contribution in [3.05, 3.63) is 0 Å². The van der Waals surface area contributed by atoms with Gasteiger partial charge < -0.3 is 15.6 Å². The second-order valence-corrected chi connectivity index (χ2v) is 3.98. The van der Waals surface area contributed by atoms with Crippen molar-refractivity contribution in [3.63, 3.8) is 0 Å². The first-order valence-electron chi connectivity index (χ1n) is 5.40. The summed E-state index contributed by atoms with van der Waals surface area (Å²) in [5.41, 5.74) is 5.85. The number of aliphatic hydroxyl groups excluding tert-OH is 1. The van der Waals surface area contributed by atoms with E-state index in [0.29, 0.717) is 6.04 Å². The zero-order chi connectivity index (χ0) is 10.6. The molecule has 0 spiro atoms. The number of morpholine rings is 1. The van der Waals surface area contributed by atoms with Crippen molar-refractivity contribution in [3.8, 4) is 0 Å². The lowest BCUT2D eigenvalue weighted by Gasteiger charge is -2.41. The van der Waals surface area contributed by atoms with Crippen molar-refractivity contribution < 1.29 is 9.84 Å². The first-order chi connectivity index (χ1) is 6.70. The minimum atomic E-state index is 0.00662. The van der Waals surface area contributed by atoms with E-state index in [1.807, 2.05) is 6.92 Å². The maximum absolute atomic E-state index is 9.30. The van der Waals surface area contributed by atoms with Gasteiger partial charge in [0.05, 0.1) is 19.8 Å². The highest BCUT2D eigenvalue weighted by molar-refractivity contribution is 4.85. The highest BCUT2D eigenvalue weighted by Gasteiger charge is 2.29. The molecule has 14 heavy (non-hydrogen) atoms. The fourth-order valence-electron chi connectivity index (χ4n) is 2.03. The van der Waals surface area contributed by atoms with Gasteiger partial charge in [-0.15, -0.1) is 0 Å². The van der Waals surface area contributed by atoms with E-state index >= 15 is 0 Å². The van der Waals surface area contributed by atoms with Crippen molar-refractivity contribution in [1.29, 1.82) is 0 Å². The largest absolute Gasteiger partial charge is 0.395 e. The Bertz CT molecular complexity index is 164. The highest BCUT2D eigenvalue weighted by atomic mass is 16.5. The summed E-state index contributed by atoms with van der Waals surface area (Å²) in [6.45, 7) is 6.61. The minimum absolute atomic E-state index is 0.00662. The SMILES string of the molecule is CCC1COCCN1C(CO)C(C)N. The van der Waals surface area contributed by atoms with Crippen molar-refractivity contribution in [2.45, 2.75) is 38.4 Å². The van der Waals surface area contributed by atoms with E-state index in [-0.39, 0.29) is 18.7 Å². The monoisotopic (exact) mass is 202 g/mol. The lowest BCUT2D eigenvalue weighted by atomic mass is 10.0. The van der Waals surface area contributed by atoms with Crippen LogP contribution in [0.15, 0.2) is 0 Å². The number of nitrogens with two attached hydrogens (primary N) is 1. The molecule has 4 nitrogen and oxygen atoms in total. The van der Waals surface area contributed by atoms with Gasteiger partial charge in [0.2, 0.25) is 0 Å². The van der Waals surface area contributed by atoms with Gasteiger partial charge in [-0.2, -0.15) is 0 Å². The number of rotatable bonds is 4. The molecule has 3 atom stereocenters. The molecule has 0 aromatic rings. The van der Waals surface area contributed by atoms with Crippen LogP contribution in [0.25, 0.3) is 0 Å². The summed E-state index contributed by atoms with van der Waals surface area (Å²) >= 11 is 0. The molecule has 0 amide bonds. The van der Waals surface area contributed by atoms with Crippen LogP contribution in [0.1, 0.15) is 20.3 Å². The Morgan fingerprint density at radius 3 is 2.86 bits per heavy atom. The molecule has 0 bridgehead atoms. The van der Waals surface area contributed by atoms with Gasteiger partial charge in [-0.3, -0.25) is 4.90 Å². The molecule has 1 aliphatic heterocycles. The standard InChI is InChI=1S/C10H22N2O2/c1-3-9-7-14-5-4-12(9)10(6-13)8(2)11/h8-10,13H,3-7,11H2,1-2H3. The van der Waals surface area contributed by atoms with Gasteiger partial charge in [0.25, 0.3) is 0 Å². The topological polar surface area (TPSA) is 58.7 Å². The fraction of sp³-hybridized carbons (Fsp3) is 1.00. The third-order valence-corrected chi connectivity index (χ3v) is 2.96. The molecular weight excluding hydrogens is 180 g/mol. The van der Waals surface area contributed by atoms with Gasteiger partial charge in [0, 0.05) is 24.7 Å². The molecule has 1 heterocycles. The zero-order valence-corrected chi connectivity index (χ0v) is 9.15. The molecule has 3 N–H and O–H groups in total. The summed E-state index contributed by atoms with van der Waals surface area (Å²) in [5, 5.41) is 9.30. The highest BCUT2D eigenvalue weighted by Crippen LogP contribution is 2.15. The first-order valence-corrected chi connectivity index (χ1v) is 5.40. The average molecular weight is 202 g/mol. The van der Waals surface area contributed by atoms with E-state index in [1.54, 1.807) is 0 Å². The lowest BCUT2D eigenvalue weighted by molar-refractivity contribution is -0.0450. The summed E-state index contributed by atoms with van der Waals surface area (Å²) in [6, 6.07) is 0.489. The lowest BCUT2D eigenvalue weighted by Crippen LogP contribution is -2.57. The fourth-order valence-corrected chi connectivity index (χ4v) is 2.03. The van der Waals surface area contributed by atoms with Gasteiger partial charge in [-0.05, 0) is 13.3 Å². The van der Waals surface area contributed by atoms with Crippen LogP contribution in [-0.2, 0) is 4.74 Å². The summed E-state index contributed by atoms with van der Waals surface area (Å²) in [5.74, 6) is 0. The van der Waals surface area contributed by atoms with Gasteiger partial charge in [0.1, 0.15) is 0 Å². The molecular formula is C10H22N2O2. The van der Waals surface area contributed by atoms with Crippen LogP contribution in [0, 0.1) is 0 Å². The number of ether oxygens (including phenoxy) is 1. The Kier molecular flexibility index (Phi) is 4.81. The van der Waals surface area contributed by atoms with E-state index in [2.05, 4.69) is 11.8 Å². The van der Waals surface area contributed by atoms with E-state index in [1.165, 1.54) is 0 Å². The maximum atomic E-state index is 9.30. The van der Waals surface area contributed by atoms with Crippen molar-refractivity contribution >= 4 is 0 Å². The summed E-state index contributed by atoms with van der Waals surface area (Å²) in [4.78, 5) is 2.29. The molecule has 0 aromatic heterocycles. The third-order valence-electron chi connectivity index (χ3n) is 2.96. The minimum Gasteiger partial charge on any atom is -0.395 e. The van der Waals surface area contributed by atoms with Crippen molar-refractivity contribution in [2.24, 2.45) is 5.73 Å². The Morgan fingerprint density at radius 2 is 2.36 bits per heavy atom. The summed E-state index contributed by atoms with van der Waals surface area (Å²) in [7, 11) is 0. The maximum Gasteiger partial charge on any atom is 0.0622 e. The van der Waals surface area contributed by atoms with Crippen LogP contribution in [0.3, 0.4) is 0 Å². The molecule has 4 heteroatoms. The first kappa shape index (κ1) is 11.9. The Balaban J connectivity index is 2.60. The van der Waals surface area contributed by atoms with E-state index in [4.69, 9.17) is 10.5 Å². The number of hydrogen-bond acceptors (Lipinski definition) is 4. The Morgan fingerprint density at radius 1 is 1.64 bits per heavy atom. The van der Waals surface area contributed by atoms with Gasteiger partial charge in [0.15, 0.2) is 0 Å². The quantitative estimate of drug-likeness (QED) is 0.663. The zero-order valence-electron chi connectivity index (χ0n) is 9.15. The van der Waals surface area contributed by atoms with Crippen LogP contribution in [-0.4, -0.2) is 54.5 Å². The molecule has 0 saturated carbocycles.